The van der Waals surface area contributed by atoms with Crippen LogP contribution in [0.3, 0.4) is 0 Å². The van der Waals surface area contributed by atoms with Crippen molar-refractivity contribution in [2.75, 3.05) is 6.61 Å². The lowest BCUT2D eigenvalue weighted by molar-refractivity contribution is -0.144. The van der Waals surface area contributed by atoms with E-state index in [9.17, 15) is 4.79 Å². The summed E-state index contributed by atoms with van der Waals surface area (Å²) in [5.41, 5.74) is 3.93. The third kappa shape index (κ3) is 5.47. The first-order valence-electron chi connectivity index (χ1n) is 8.27. The Hall–Kier alpha value is -1.31. The highest BCUT2D eigenvalue weighted by molar-refractivity contribution is 5.78. The molecule has 0 aromatic rings. The second-order valence-corrected chi connectivity index (χ2v) is 7.57. The Balaban J connectivity index is 2.41. The lowest BCUT2D eigenvalue weighted by Gasteiger charge is -2.04. The van der Waals surface area contributed by atoms with E-state index in [4.69, 9.17) is 4.74 Å². The molecule has 0 saturated heterocycles. The van der Waals surface area contributed by atoms with Gasteiger partial charge < -0.3 is 4.74 Å². The van der Waals surface area contributed by atoms with E-state index in [1.54, 1.807) is 0 Å². The number of hydrogen-bond acceptors (Lipinski definition) is 2. The largest absolute Gasteiger partial charge is 0.461 e. The van der Waals surface area contributed by atoms with Crippen molar-refractivity contribution in [3.63, 3.8) is 0 Å². The molecule has 1 fully saturated rings. The summed E-state index contributed by atoms with van der Waals surface area (Å²) >= 11 is 0. The predicted molar refractivity (Wildman–Crippen MR) is 93.6 cm³/mol. The van der Waals surface area contributed by atoms with E-state index >= 15 is 0 Å². The van der Waals surface area contributed by atoms with E-state index < -0.39 is 0 Å². The van der Waals surface area contributed by atoms with Crippen LogP contribution < -0.4 is 0 Å². The molecule has 124 valence electrons. The molecule has 0 radical (unpaired) electrons. The molecule has 0 amide bonds. The van der Waals surface area contributed by atoms with Crippen molar-refractivity contribution in [2.45, 2.75) is 61.3 Å². The summed E-state index contributed by atoms with van der Waals surface area (Å²) in [6.07, 6.45) is 8.55. The van der Waals surface area contributed by atoms with Crippen molar-refractivity contribution < 1.29 is 9.53 Å². The molecular weight excluding hydrogens is 272 g/mol. The van der Waals surface area contributed by atoms with Gasteiger partial charge in [-0.3, -0.25) is 4.79 Å². The molecule has 1 aliphatic rings. The number of carbonyl (C=O) groups excluding carboxylic acids is 1. The maximum atomic E-state index is 12.2. The highest BCUT2D eigenvalue weighted by atomic mass is 16.5. The van der Waals surface area contributed by atoms with Crippen molar-refractivity contribution in [2.24, 2.45) is 17.3 Å². The number of rotatable bonds is 7. The summed E-state index contributed by atoms with van der Waals surface area (Å²) in [6, 6.07) is 0. The molecule has 2 nitrogen and oxygen atoms in total. The Kier molecular flexibility index (Phi) is 6.65. The quantitative estimate of drug-likeness (QED) is 0.461. The molecular formula is C20H32O2. The summed E-state index contributed by atoms with van der Waals surface area (Å²) in [7, 11) is 0. The molecule has 0 N–H and O–H groups in total. The summed E-state index contributed by atoms with van der Waals surface area (Å²) < 4.78 is 5.45. The zero-order valence-electron chi connectivity index (χ0n) is 15.3. The van der Waals surface area contributed by atoms with Gasteiger partial charge in [-0.05, 0) is 64.9 Å². The van der Waals surface area contributed by atoms with Gasteiger partial charge in [-0.25, -0.2) is 0 Å². The third-order valence-corrected chi connectivity index (χ3v) is 4.43. The summed E-state index contributed by atoms with van der Waals surface area (Å²) in [4.78, 5) is 12.2. The fraction of sp³-hybridized carbons (Fsp3) is 0.650. The third-order valence-electron chi connectivity index (χ3n) is 4.43. The Morgan fingerprint density at radius 2 is 1.68 bits per heavy atom. The van der Waals surface area contributed by atoms with Crippen LogP contribution in [0.25, 0.3) is 0 Å². The van der Waals surface area contributed by atoms with Crippen LogP contribution in [0, 0.1) is 17.3 Å². The Morgan fingerprint density at radius 1 is 1.05 bits per heavy atom. The number of hydrogen-bond donors (Lipinski definition) is 0. The van der Waals surface area contributed by atoms with Crippen molar-refractivity contribution in [3.05, 3.63) is 34.9 Å². The fourth-order valence-electron chi connectivity index (χ4n) is 2.84. The summed E-state index contributed by atoms with van der Waals surface area (Å²) in [6.45, 7) is 15.2. The number of carbonyl (C=O) groups is 1. The van der Waals surface area contributed by atoms with Crippen LogP contribution in [-0.2, 0) is 9.53 Å². The Morgan fingerprint density at radius 3 is 2.23 bits per heavy atom. The lowest BCUT2D eigenvalue weighted by atomic mass is 10.1. The minimum absolute atomic E-state index is 0.0155. The van der Waals surface area contributed by atoms with Crippen molar-refractivity contribution in [1.82, 2.24) is 0 Å². The van der Waals surface area contributed by atoms with Gasteiger partial charge in [-0.1, -0.05) is 42.7 Å². The van der Waals surface area contributed by atoms with Crippen LogP contribution in [0.4, 0.5) is 0 Å². The van der Waals surface area contributed by atoms with Crippen LogP contribution in [0.15, 0.2) is 34.9 Å². The molecule has 22 heavy (non-hydrogen) atoms. The lowest BCUT2D eigenvalue weighted by Crippen LogP contribution is -2.10. The monoisotopic (exact) mass is 304 g/mol. The normalized spacial score (nSPS) is 22.8. The SMILES string of the molecule is CC(C)=CCC/C(C)=C/COC(=O)C1C(C=C(C)C)C1(C)C. The highest BCUT2D eigenvalue weighted by Gasteiger charge is 2.61. The Bertz CT molecular complexity index is 484. The molecule has 1 aliphatic carbocycles. The van der Waals surface area contributed by atoms with Crippen LogP contribution in [0.5, 0.6) is 0 Å². The average molecular weight is 304 g/mol. The van der Waals surface area contributed by atoms with Crippen LogP contribution in [0.1, 0.15) is 61.3 Å². The van der Waals surface area contributed by atoms with E-state index in [1.165, 1.54) is 16.7 Å². The van der Waals surface area contributed by atoms with Gasteiger partial charge in [0.25, 0.3) is 0 Å². The van der Waals surface area contributed by atoms with Crippen LogP contribution in [0.2, 0.25) is 0 Å². The van der Waals surface area contributed by atoms with E-state index in [-0.39, 0.29) is 17.3 Å². The number of esters is 1. The molecule has 1 rings (SSSR count). The molecule has 2 unspecified atom stereocenters. The van der Waals surface area contributed by atoms with Gasteiger partial charge in [-0.15, -0.1) is 0 Å². The molecule has 2 atom stereocenters. The number of allylic oxidation sites excluding steroid dienone is 5. The molecule has 0 bridgehead atoms. The zero-order chi connectivity index (χ0) is 16.9. The van der Waals surface area contributed by atoms with Crippen molar-refractivity contribution >= 4 is 5.97 Å². The molecule has 2 heteroatoms. The van der Waals surface area contributed by atoms with Gasteiger partial charge in [0.1, 0.15) is 6.61 Å². The minimum atomic E-state index is -0.0548. The average Bonchev–Trinajstić information content (AvgIpc) is 2.89. The second kappa shape index (κ2) is 7.80. The second-order valence-electron chi connectivity index (χ2n) is 7.57. The van der Waals surface area contributed by atoms with Crippen LogP contribution in [-0.4, -0.2) is 12.6 Å². The van der Waals surface area contributed by atoms with E-state index in [2.05, 4.69) is 60.6 Å². The van der Waals surface area contributed by atoms with Gasteiger partial charge in [0.15, 0.2) is 0 Å². The van der Waals surface area contributed by atoms with Gasteiger partial charge in [0.05, 0.1) is 5.92 Å². The molecule has 0 spiro atoms. The Labute approximate surface area is 136 Å². The minimum Gasteiger partial charge on any atom is -0.461 e. The van der Waals surface area contributed by atoms with E-state index in [1.807, 2.05) is 6.08 Å². The van der Waals surface area contributed by atoms with Gasteiger partial charge in [0.2, 0.25) is 0 Å². The first-order valence-corrected chi connectivity index (χ1v) is 8.27. The maximum Gasteiger partial charge on any atom is 0.310 e. The number of ether oxygens (including phenoxy) is 1. The molecule has 1 saturated carbocycles. The predicted octanol–water partition coefficient (Wildman–Crippen LogP) is 5.46. The topological polar surface area (TPSA) is 26.3 Å². The zero-order valence-corrected chi connectivity index (χ0v) is 15.3. The van der Waals surface area contributed by atoms with Gasteiger partial charge in [0, 0.05) is 0 Å². The van der Waals surface area contributed by atoms with Crippen molar-refractivity contribution in [3.8, 4) is 0 Å². The molecule has 0 aromatic heterocycles. The van der Waals surface area contributed by atoms with Crippen LogP contribution >= 0.6 is 0 Å². The van der Waals surface area contributed by atoms with Gasteiger partial charge >= 0.3 is 5.97 Å². The molecule has 0 aromatic carbocycles. The standard InChI is InChI=1S/C20H32O2/c1-14(2)9-8-10-16(5)11-12-22-19(21)18-17(13-15(3)4)20(18,6)7/h9,11,13,17-18H,8,10,12H2,1-7H3/b16-11+. The molecule has 0 aliphatic heterocycles. The van der Waals surface area contributed by atoms with E-state index in [0.29, 0.717) is 12.5 Å². The van der Waals surface area contributed by atoms with E-state index in [0.717, 1.165) is 12.8 Å². The molecule has 0 heterocycles. The van der Waals surface area contributed by atoms with Crippen molar-refractivity contribution in [1.29, 1.82) is 0 Å². The highest BCUT2D eigenvalue weighted by Crippen LogP contribution is 2.59. The first-order chi connectivity index (χ1) is 10.2. The fourth-order valence-corrected chi connectivity index (χ4v) is 2.84. The summed E-state index contributed by atoms with van der Waals surface area (Å²) in [5, 5.41) is 0. The van der Waals surface area contributed by atoms with Gasteiger partial charge in [-0.2, -0.15) is 0 Å². The maximum absolute atomic E-state index is 12.2. The summed E-state index contributed by atoms with van der Waals surface area (Å²) in [5.74, 6) is 0.287. The smallest absolute Gasteiger partial charge is 0.310 e. The first kappa shape index (κ1) is 18.7.